The highest BCUT2D eigenvalue weighted by Crippen LogP contribution is 2.74. The standard InChI is InChI=1S/C43H74O6/c1-10-11-12-13-14-15-16-17-18-19-36(44)49-35-24-25-41(6)31-23-27-42(7)30(29-28-33(48-38(29)47-9)37(45)40(4,5)46)22-26-43(42,8)32(31)20-21-34(41)39(35,2)3/h20,29-31,33-35,37-38,45-46H,10-19,21-28H2,1-9H3/t29-,30-,31-,33+,34-,35-,37-,38+,41+,42-,43+/m0/s1. The highest BCUT2D eigenvalue weighted by molar-refractivity contribution is 5.69. The second-order valence-electron chi connectivity index (χ2n) is 19.1. The van der Waals surface area contributed by atoms with E-state index < -0.39 is 17.8 Å². The quantitative estimate of drug-likeness (QED) is 0.101. The molecule has 0 unspecified atom stereocenters. The first-order valence-electron chi connectivity index (χ1n) is 20.5. The van der Waals surface area contributed by atoms with E-state index in [1.54, 1.807) is 26.5 Å². The van der Waals surface area contributed by atoms with Crippen LogP contribution in [0.4, 0.5) is 0 Å². The largest absolute Gasteiger partial charge is 0.462 e. The molecule has 1 aliphatic heterocycles. The van der Waals surface area contributed by atoms with E-state index >= 15 is 0 Å². The first-order chi connectivity index (χ1) is 23.0. The lowest BCUT2D eigenvalue weighted by atomic mass is 9.41. The van der Waals surface area contributed by atoms with Crippen LogP contribution in [0.15, 0.2) is 11.6 Å². The van der Waals surface area contributed by atoms with Crippen molar-refractivity contribution in [3.63, 3.8) is 0 Å². The van der Waals surface area contributed by atoms with Crippen LogP contribution < -0.4 is 0 Å². The first kappa shape index (κ1) is 39.3. The fraction of sp³-hybridized carbons (Fsp3) is 0.930. The van der Waals surface area contributed by atoms with Crippen molar-refractivity contribution in [1.82, 2.24) is 0 Å². The van der Waals surface area contributed by atoms with Gasteiger partial charge in [0.15, 0.2) is 6.29 Å². The van der Waals surface area contributed by atoms with Gasteiger partial charge in [0.1, 0.15) is 12.2 Å². The third kappa shape index (κ3) is 7.34. The summed E-state index contributed by atoms with van der Waals surface area (Å²) in [6.07, 6.45) is 21.3. The maximum absolute atomic E-state index is 13.1. The van der Waals surface area contributed by atoms with Crippen molar-refractivity contribution >= 4 is 5.97 Å². The van der Waals surface area contributed by atoms with Gasteiger partial charge < -0.3 is 24.4 Å². The zero-order valence-corrected chi connectivity index (χ0v) is 33.0. The monoisotopic (exact) mass is 687 g/mol. The Labute approximate surface area is 299 Å². The summed E-state index contributed by atoms with van der Waals surface area (Å²) in [5.74, 6) is 1.69. The number of fused-ring (bicyclic) bond motifs is 5. The Bertz CT molecular complexity index is 1160. The van der Waals surface area contributed by atoms with Crippen LogP contribution in [0, 0.1) is 45.3 Å². The molecule has 0 bridgehead atoms. The Balaban J connectivity index is 1.22. The minimum Gasteiger partial charge on any atom is -0.462 e. The molecule has 6 nitrogen and oxygen atoms in total. The molecule has 5 rings (SSSR count). The lowest BCUT2D eigenvalue weighted by Crippen LogP contribution is -2.58. The number of esters is 1. The van der Waals surface area contributed by atoms with E-state index in [1.807, 2.05) is 0 Å². The number of allylic oxidation sites excluding steroid dienone is 2. The predicted octanol–water partition coefficient (Wildman–Crippen LogP) is 9.93. The van der Waals surface area contributed by atoms with Gasteiger partial charge in [0.05, 0.1) is 11.7 Å². The Morgan fingerprint density at radius 1 is 0.959 bits per heavy atom. The summed E-state index contributed by atoms with van der Waals surface area (Å²) in [6.45, 7) is 18.0. The van der Waals surface area contributed by atoms with Crippen molar-refractivity contribution in [2.24, 2.45) is 45.3 Å². The molecule has 2 N–H and O–H groups in total. The molecule has 4 aliphatic carbocycles. The van der Waals surface area contributed by atoms with Gasteiger partial charge in [-0.25, -0.2) is 0 Å². The van der Waals surface area contributed by atoms with E-state index in [9.17, 15) is 15.0 Å². The number of hydrogen-bond acceptors (Lipinski definition) is 6. The zero-order chi connectivity index (χ0) is 35.8. The van der Waals surface area contributed by atoms with Crippen LogP contribution in [-0.2, 0) is 19.0 Å². The zero-order valence-electron chi connectivity index (χ0n) is 33.0. The summed E-state index contributed by atoms with van der Waals surface area (Å²) in [5.41, 5.74) is 0.842. The number of methoxy groups -OCH3 is 1. The molecule has 0 aromatic heterocycles. The Hall–Kier alpha value is -0.950. The summed E-state index contributed by atoms with van der Waals surface area (Å²) >= 11 is 0. The number of rotatable bonds is 15. The molecule has 0 aromatic rings. The molecule has 11 atom stereocenters. The average molecular weight is 687 g/mol. The summed E-state index contributed by atoms with van der Waals surface area (Å²) in [4.78, 5) is 13.1. The van der Waals surface area contributed by atoms with Crippen molar-refractivity contribution in [3.05, 3.63) is 11.6 Å². The topological polar surface area (TPSA) is 85.2 Å². The summed E-state index contributed by atoms with van der Waals surface area (Å²) in [6, 6.07) is 0. The molecule has 0 radical (unpaired) electrons. The molecule has 49 heavy (non-hydrogen) atoms. The number of carbonyl (C=O) groups excluding carboxylic acids is 1. The van der Waals surface area contributed by atoms with Crippen LogP contribution in [0.5, 0.6) is 0 Å². The van der Waals surface area contributed by atoms with Crippen molar-refractivity contribution < 1.29 is 29.2 Å². The van der Waals surface area contributed by atoms with E-state index in [-0.39, 0.29) is 45.9 Å². The van der Waals surface area contributed by atoms with Crippen molar-refractivity contribution in [2.45, 2.75) is 201 Å². The van der Waals surface area contributed by atoms with E-state index in [0.717, 1.165) is 44.9 Å². The van der Waals surface area contributed by atoms with Crippen molar-refractivity contribution in [1.29, 1.82) is 0 Å². The van der Waals surface area contributed by atoms with Crippen molar-refractivity contribution in [2.75, 3.05) is 7.11 Å². The molecular formula is C43H74O6. The maximum Gasteiger partial charge on any atom is 0.306 e. The van der Waals surface area contributed by atoms with Gasteiger partial charge in [-0.2, -0.15) is 0 Å². The first-order valence-corrected chi connectivity index (χ1v) is 20.5. The molecule has 5 aliphatic rings. The van der Waals surface area contributed by atoms with E-state index in [4.69, 9.17) is 14.2 Å². The number of hydrogen-bond donors (Lipinski definition) is 2. The minimum absolute atomic E-state index is 0.00701. The SMILES string of the molecule is CCCCCCCCCCCC(=O)O[C@H]1CC[C@]2(C)[C@H]3CC[C@@]4(C)[C@H]([C@@H]5C[C@H]([C@H](O)C(C)(C)O)O[C@H]5OC)CC[C@]4(C)C3=CC[C@H]2C1(C)C. The van der Waals surface area contributed by atoms with E-state index in [0.29, 0.717) is 24.2 Å². The maximum atomic E-state index is 13.1. The molecule has 4 fully saturated rings. The van der Waals surface area contributed by atoms with Gasteiger partial charge in [0.25, 0.3) is 0 Å². The van der Waals surface area contributed by atoms with Crippen LogP contribution >= 0.6 is 0 Å². The lowest BCUT2D eigenvalue weighted by Gasteiger charge is -2.64. The molecule has 6 heteroatoms. The minimum atomic E-state index is -1.22. The van der Waals surface area contributed by atoms with Gasteiger partial charge in [-0.3, -0.25) is 4.79 Å². The molecule has 3 saturated carbocycles. The lowest BCUT2D eigenvalue weighted by molar-refractivity contribution is -0.185. The second kappa shape index (κ2) is 15.2. The van der Waals surface area contributed by atoms with Gasteiger partial charge in [-0.1, -0.05) is 105 Å². The molecule has 282 valence electrons. The Morgan fingerprint density at radius 2 is 1.61 bits per heavy atom. The van der Waals surface area contributed by atoms with Crippen LogP contribution in [-0.4, -0.2) is 53.5 Å². The third-order valence-electron chi connectivity index (χ3n) is 15.6. The normalized spacial score (nSPS) is 40.6. The van der Waals surface area contributed by atoms with Crippen LogP contribution in [0.1, 0.15) is 171 Å². The predicted molar refractivity (Wildman–Crippen MR) is 197 cm³/mol. The average Bonchev–Trinajstić information content (AvgIpc) is 3.58. The van der Waals surface area contributed by atoms with Gasteiger partial charge in [-0.05, 0) is 106 Å². The second-order valence-corrected chi connectivity index (χ2v) is 19.1. The van der Waals surface area contributed by atoms with E-state index in [2.05, 4.69) is 47.6 Å². The summed E-state index contributed by atoms with van der Waals surface area (Å²) in [7, 11) is 1.72. The van der Waals surface area contributed by atoms with Crippen molar-refractivity contribution in [3.8, 4) is 0 Å². The Kier molecular flexibility index (Phi) is 12.2. The molecule has 1 heterocycles. The fourth-order valence-electron chi connectivity index (χ4n) is 12.4. The summed E-state index contributed by atoms with van der Waals surface area (Å²) < 4.78 is 18.6. The summed E-state index contributed by atoms with van der Waals surface area (Å²) in [5, 5.41) is 21.5. The van der Waals surface area contributed by atoms with Gasteiger partial charge in [0, 0.05) is 24.9 Å². The molecular weight excluding hydrogens is 612 g/mol. The molecule has 1 saturated heterocycles. The van der Waals surface area contributed by atoms with Gasteiger partial charge >= 0.3 is 5.97 Å². The molecule has 0 aromatic carbocycles. The molecule has 0 spiro atoms. The van der Waals surface area contributed by atoms with Gasteiger partial charge in [-0.15, -0.1) is 0 Å². The van der Waals surface area contributed by atoms with Crippen LogP contribution in [0.3, 0.4) is 0 Å². The number of ether oxygens (including phenoxy) is 3. The molecule has 0 amide bonds. The highest BCUT2D eigenvalue weighted by Gasteiger charge is 2.67. The van der Waals surface area contributed by atoms with Crippen LogP contribution in [0.25, 0.3) is 0 Å². The highest BCUT2D eigenvalue weighted by atomic mass is 16.7. The third-order valence-corrected chi connectivity index (χ3v) is 15.6. The number of aliphatic hydroxyl groups excluding tert-OH is 1. The number of carbonyl (C=O) groups is 1. The number of aliphatic hydroxyl groups is 2. The van der Waals surface area contributed by atoms with Gasteiger partial charge in [0.2, 0.25) is 0 Å². The Morgan fingerprint density at radius 3 is 2.24 bits per heavy atom. The fourth-order valence-corrected chi connectivity index (χ4v) is 12.4. The smallest absolute Gasteiger partial charge is 0.306 e. The van der Waals surface area contributed by atoms with E-state index in [1.165, 1.54) is 64.2 Å². The van der Waals surface area contributed by atoms with Crippen LogP contribution in [0.2, 0.25) is 0 Å². The number of unbranched alkanes of at least 4 members (excludes halogenated alkanes) is 8.